The molecule has 0 saturated carbocycles. The average molecular weight is 293 g/mol. The minimum Gasteiger partial charge on any atom is -0.387 e. The van der Waals surface area contributed by atoms with Gasteiger partial charge < -0.3 is 10.4 Å². The van der Waals surface area contributed by atoms with Gasteiger partial charge in [-0.2, -0.15) is 0 Å². The Morgan fingerprint density at radius 2 is 1.95 bits per heavy atom. The van der Waals surface area contributed by atoms with Gasteiger partial charge in [-0.25, -0.2) is 4.39 Å². The van der Waals surface area contributed by atoms with Crippen LogP contribution in [0.3, 0.4) is 0 Å². The third-order valence-electron chi connectivity index (χ3n) is 3.44. The Bertz CT molecular complexity index is 512. The molecule has 2 rings (SSSR count). The SMILES string of the molecule is CCC(NC(C)C(O)c1ccc(F)cc1)c1cccs1. The van der Waals surface area contributed by atoms with E-state index in [0.29, 0.717) is 0 Å². The lowest BCUT2D eigenvalue weighted by molar-refractivity contribution is 0.129. The van der Waals surface area contributed by atoms with Crippen LogP contribution in [0.25, 0.3) is 0 Å². The standard InChI is InChI=1S/C16H20FNOS/c1-3-14(15-5-4-10-20-15)18-11(2)16(19)12-6-8-13(17)9-7-12/h4-11,14,16,18-19H,3H2,1-2H3. The Labute approximate surface area is 123 Å². The van der Waals surface area contributed by atoms with Crippen molar-refractivity contribution in [2.45, 2.75) is 38.5 Å². The first-order valence-corrected chi connectivity index (χ1v) is 7.72. The van der Waals surface area contributed by atoms with Crippen LogP contribution in [0.4, 0.5) is 4.39 Å². The fourth-order valence-corrected chi connectivity index (χ4v) is 3.12. The van der Waals surface area contributed by atoms with E-state index in [1.165, 1.54) is 17.0 Å². The molecule has 0 spiro atoms. The zero-order valence-corrected chi connectivity index (χ0v) is 12.5. The number of benzene rings is 1. The van der Waals surface area contributed by atoms with Crippen LogP contribution in [0.15, 0.2) is 41.8 Å². The van der Waals surface area contributed by atoms with Gasteiger partial charge in [0.2, 0.25) is 0 Å². The summed E-state index contributed by atoms with van der Waals surface area (Å²) in [6, 6.07) is 10.3. The largest absolute Gasteiger partial charge is 0.387 e. The second kappa shape index (κ2) is 6.97. The van der Waals surface area contributed by atoms with Gasteiger partial charge in [-0.3, -0.25) is 0 Å². The highest BCUT2D eigenvalue weighted by Gasteiger charge is 2.20. The highest BCUT2D eigenvalue weighted by atomic mass is 32.1. The molecule has 1 aromatic carbocycles. The number of nitrogens with one attached hydrogen (secondary N) is 1. The van der Waals surface area contributed by atoms with Crippen molar-refractivity contribution in [1.82, 2.24) is 5.32 Å². The summed E-state index contributed by atoms with van der Waals surface area (Å²) in [6.07, 6.45) is 0.311. The minimum absolute atomic E-state index is 0.104. The maximum Gasteiger partial charge on any atom is 0.123 e. The van der Waals surface area contributed by atoms with Crippen LogP contribution >= 0.6 is 11.3 Å². The summed E-state index contributed by atoms with van der Waals surface area (Å²) in [5.41, 5.74) is 0.729. The second-order valence-corrected chi connectivity index (χ2v) is 5.91. The summed E-state index contributed by atoms with van der Waals surface area (Å²) in [7, 11) is 0. The summed E-state index contributed by atoms with van der Waals surface area (Å²) in [5, 5.41) is 15.8. The number of aliphatic hydroxyl groups excluding tert-OH is 1. The molecule has 4 heteroatoms. The molecule has 0 amide bonds. The van der Waals surface area contributed by atoms with E-state index < -0.39 is 6.10 Å². The first-order chi connectivity index (χ1) is 9.61. The Morgan fingerprint density at radius 1 is 1.25 bits per heavy atom. The fraction of sp³-hybridized carbons (Fsp3) is 0.375. The second-order valence-electron chi connectivity index (χ2n) is 4.93. The fourth-order valence-electron chi connectivity index (χ4n) is 2.25. The Morgan fingerprint density at radius 3 is 2.50 bits per heavy atom. The van der Waals surface area contributed by atoms with Gasteiger partial charge in [-0.05, 0) is 42.5 Å². The predicted molar refractivity (Wildman–Crippen MR) is 81.3 cm³/mol. The third-order valence-corrected chi connectivity index (χ3v) is 4.43. The van der Waals surface area contributed by atoms with Gasteiger partial charge in [-0.15, -0.1) is 11.3 Å². The zero-order valence-electron chi connectivity index (χ0n) is 11.7. The van der Waals surface area contributed by atoms with Crippen LogP contribution in [0.5, 0.6) is 0 Å². The molecular weight excluding hydrogens is 273 g/mol. The molecule has 0 aliphatic carbocycles. The van der Waals surface area contributed by atoms with Gasteiger partial charge in [0.15, 0.2) is 0 Å². The molecule has 0 aliphatic heterocycles. The lowest BCUT2D eigenvalue weighted by Gasteiger charge is -2.25. The highest BCUT2D eigenvalue weighted by Crippen LogP contribution is 2.25. The number of hydrogen-bond donors (Lipinski definition) is 2. The molecule has 0 bridgehead atoms. The van der Waals surface area contributed by atoms with E-state index in [2.05, 4.69) is 23.7 Å². The van der Waals surface area contributed by atoms with Crippen molar-refractivity contribution in [3.63, 3.8) is 0 Å². The topological polar surface area (TPSA) is 32.3 Å². The molecule has 3 unspecified atom stereocenters. The van der Waals surface area contributed by atoms with Crippen molar-refractivity contribution in [2.75, 3.05) is 0 Å². The molecule has 2 N–H and O–H groups in total. The normalized spacial score (nSPS) is 15.8. The van der Waals surface area contributed by atoms with Crippen LogP contribution in [0.2, 0.25) is 0 Å². The van der Waals surface area contributed by atoms with Gasteiger partial charge in [-0.1, -0.05) is 25.1 Å². The molecule has 20 heavy (non-hydrogen) atoms. The van der Waals surface area contributed by atoms with E-state index in [1.54, 1.807) is 23.5 Å². The van der Waals surface area contributed by atoms with Crippen molar-refractivity contribution in [3.8, 4) is 0 Å². The Kier molecular flexibility index (Phi) is 5.29. The molecule has 2 nitrogen and oxygen atoms in total. The monoisotopic (exact) mass is 293 g/mol. The van der Waals surface area contributed by atoms with E-state index in [-0.39, 0.29) is 17.9 Å². The van der Waals surface area contributed by atoms with Crippen LogP contribution < -0.4 is 5.32 Å². The van der Waals surface area contributed by atoms with Gasteiger partial charge in [0, 0.05) is 17.0 Å². The van der Waals surface area contributed by atoms with Gasteiger partial charge in [0.1, 0.15) is 5.82 Å². The number of halogens is 1. The van der Waals surface area contributed by atoms with Crippen LogP contribution in [0, 0.1) is 5.82 Å². The molecular formula is C16H20FNOS. The maximum atomic E-state index is 12.9. The molecule has 0 aliphatic rings. The molecule has 1 heterocycles. The van der Waals surface area contributed by atoms with Gasteiger partial charge >= 0.3 is 0 Å². The zero-order chi connectivity index (χ0) is 14.5. The Hall–Kier alpha value is -1.23. The first-order valence-electron chi connectivity index (χ1n) is 6.84. The summed E-state index contributed by atoms with van der Waals surface area (Å²) in [5.74, 6) is -0.286. The van der Waals surface area contributed by atoms with Crippen molar-refractivity contribution in [2.24, 2.45) is 0 Å². The van der Waals surface area contributed by atoms with Gasteiger partial charge in [0.05, 0.1) is 6.10 Å². The van der Waals surface area contributed by atoms with Crippen LogP contribution in [-0.4, -0.2) is 11.1 Å². The number of rotatable bonds is 6. The molecule has 0 fully saturated rings. The van der Waals surface area contributed by atoms with E-state index in [1.807, 2.05) is 13.0 Å². The smallest absolute Gasteiger partial charge is 0.123 e. The molecule has 3 atom stereocenters. The van der Waals surface area contributed by atoms with Crippen molar-refractivity contribution in [1.29, 1.82) is 0 Å². The lowest BCUT2D eigenvalue weighted by Crippen LogP contribution is -2.34. The summed E-state index contributed by atoms with van der Waals surface area (Å²) in [6.45, 7) is 4.07. The highest BCUT2D eigenvalue weighted by molar-refractivity contribution is 7.10. The molecule has 1 aromatic heterocycles. The summed E-state index contributed by atoms with van der Waals surface area (Å²) >= 11 is 1.71. The molecule has 2 aromatic rings. The number of thiophene rings is 1. The van der Waals surface area contributed by atoms with Crippen LogP contribution in [0.1, 0.15) is 42.9 Å². The Balaban J connectivity index is 2.03. The van der Waals surface area contributed by atoms with E-state index in [4.69, 9.17) is 0 Å². The summed E-state index contributed by atoms with van der Waals surface area (Å²) in [4.78, 5) is 1.27. The maximum absolute atomic E-state index is 12.9. The average Bonchev–Trinajstić information content (AvgIpc) is 2.98. The van der Waals surface area contributed by atoms with E-state index in [9.17, 15) is 9.50 Å². The third kappa shape index (κ3) is 3.66. The minimum atomic E-state index is -0.649. The van der Waals surface area contributed by atoms with Gasteiger partial charge in [0.25, 0.3) is 0 Å². The molecule has 0 saturated heterocycles. The van der Waals surface area contributed by atoms with Crippen LogP contribution in [-0.2, 0) is 0 Å². The van der Waals surface area contributed by atoms with Crippen molar-refractivity contribution < 1.29 is 9.50 Å². The predicted octanol–water partition coefficient (Wildman–Crippen LogP) is 4.05. The van der Waals surface area contributed by atoms with Crippen molar-refractivity contribution in [3.05, 3.63) is 58.0 Å². The molecule has 0 radical (unpaired) electrons. The lowest BCUT2D eigenvalue weighted by atomic mass is 10.0. The number of hydrogen-bond acceptors (Lipinski definition) is 3. The van der Waals surface area contributed by atoms with E-state index >= 15 is 0 Å². The summed E-state index contributed by atoms with van der Waals surface area (Å²) < 4.78 is 12.9. The quantitative estimate of drug-likeness (QED) is 0.842. The number of aliphatic hydroxyl groups is 1. The first kappa shape index (κ1) is 15.2. The van der Waals surface area contributed by atoms with E-state index in [0.717, 1.165) is 12.0 Å². The van der Waals surface area contributed by atoms with Crippen molar-refractivity contribution >= 4 is 11.3 Å². The molecule has 108 valence electrons.